The predicted octanol–water partition coefficient (Wildman–Crippen LogP) is 5.56. The highest BCUT2D eigenvalue weighted by atomic mass is 16.3. The maximum absolute atomic E-state index is 8.76. The van der Waals surface area contributed by atoms with Gasteiger partial charge in [0.1, 0.15) is 5.75 Å². The molecule has 1 aromatic carbocycles. The summed E-state index contributed by atoms with van der Waals surface area (Å²) in [5.41, 5.74) is 1.17. The highest BCUT2D eigenvalue weighted by molar-refractivity contribution is 5.24. The quantitative estimate of drug-likeness (QED) is 0.715. The van der Waals surface area contributed by atoms with E-state index in [1.807, 2.05) is 19.1 Å². The summed E-state index contributed by atoms with van der Waals surface area (Å²) in [6.07, 6.45) is 3.94. The van der Waals surface area contributed by atoms with Gasteiger partial charge in [0.15, 0.2) is 0 Å². The van der Waals surface area contributed by atoms with Crippen LogP contribution in [0.5, 0.6) is 5.75 Å². The van der Waals surface area contributed by atoms with Crippen molar-refractivity contribution in [1.29, 1.82) is 0 Å². The standard InChI is InChI=1S/C7H8O.C5H12.C4H10/c1-6-2-4-7(8)5-3-6;1-4-5(2)3;1-3-4-2/h2-5,8H,1H3;5H,4H2,1-3H3;3-4H2,1-2H3. The molecule has 0 heterocycles. The molecule has 1 heteroatoms. The van der Waals surface area contributed by atoms with Crippen molar-refractivity contribution in [3.8, 4) is 5.75 Å². The van der Waals surface area contributed by atoms with Crippen molar-refractivity contribution in [3.05, 3.63) is 29.8 Å². The molecular formula is C16H30O. The first-order valence-corrected chi connectivity index (χ1v) is 6.73. The van der Waals surface area contributed by atoms with E-state index >= 15 is 0 Å². The lowest BCUT2D eigenvalue weighted by Gasteiger charge is -1.90. The number of rotatable bonds is 2. The number of phenols is 1. The van der Waals surface area contributed by atoms with E-state index in [1.165, 1.54) is 24.8 Å². The average molecular weight is 238 g/mol. The molecule has 0 amide bonds. The second kappa shape index (κ2) is 13.1. The third-order valence-corrected chi connectivity index (χ3v) is 2.35. The molecule has 0 aliphatic rings. The second-order valence-corrected chi connectivity index (χ2v) is 4.64. The molecule has 0 aromatic heterocycles. The molecule has 100 valence electrons. The van der Waals surface area contributed by atoms with Gasteiger partial charge in [0.05, 0.1) is 0 Å². The van der Waals surface area contributed by atoms with Crippen molar-refractivity contribution in [2.75, 3.05) is 0 Å². The number of benzene rings is 1. The van der Waals surface area contributed by atoms with E-state index < -0.39 is 0 Å². The Labute approximate surface area is 108 Å². The molecule has 0 atom stereocenters. The topological polar surface area (TPSA) is 20.2 Å². The van der Waals surface area contributed by atoms with Crippen LogP contribution in [0.4, 0.5) is 0 Å². The summed E-state index contributed by atoms with van der Waals surface area (Å²) >= 11 is 0. The first-order chi connectivity index (χ1) is 7.97. The van der Waals surface area contributed by atoms with E-state index in [0.29, 0.717) is 5.75 Å². The molecular weight excluding hydrogens is 208 g/mol. The van der Waals surface area contributed by atoms with Crippen molar-refractivity contribution >= 4 is 0 Å². The Kier molecular flexibility index (Phi) is 14.2. The molecule has 0 unspecified atom stereocenters. The minimum absolute atomic E-state index is 0.329. The van der Waals surface area contributed by atoms with Crippen molar-refractivity contribution in [1.82, 2.24) is 0 Å². The summed E-state index contributed by atoms with van der Waals surface area (Å²) in [5, 5.41) is 8.76. The summed E-state index contributed by atoms with van der Waals surface area (Å²) in [4.78, 5) is 0. The van der Waals surface area contributed by atoms with Crippen LogP contribution >= 0.6 is 0 Å². The van der Waals surface area contributed by atoms with Gasteiger partial charge in [-0.15, -0.1) is 0 Å². The molecule has 0 spiro atoms. The molecule has 0 fully saturated rings. The normalized spacial score (nSPS) is 8.88. The van der Waals surface area contributed by atoms with E-state index in [1.54, 1.807) is 12.1 Å². The van der Waals surface area contributed by atoms with Crippen LogP contribution in [0.1, 0.15) is 59.4 Å². The van der Waals surface area contributed by atoms with Gasteiger partial charge in [0, 0.05) is 0 Å². The zero-order chi connectivity index (χ0) is 13.7. The molecule has 0 saturated carbocycles. The van der Waals surface area contributed by atoms with Gasteiger partial charge in [0.25, 0.3) is 0 Å². The van der Waals surface area contributed by atoms with Crippen LogP contribution in [0.25, 0.3) is 0 Å². The van der Waals surface area contributed by atoms with Crippen LogP contribution in [0.15, 0.2) is 24.3 Å². The van der Waals surface area contributed by atoms with Crippen LogP contribution in [-0.4, -0.2) is 5.11 Å². The second-order valence-electron chi connectivity index (χ2n) is 4.64. The maximum Gasteiger partial charge on any atom is 0.115 e. The lowest BCUT2D eigenvalue weighted by Crippen LogP contribution is -1.77. The summed E-state index contributed by atoms with van der Waals surface area (Å²) in [6.45, 7) is 13.0. The lowest BCUT2D eigenvalue weighted by molar-refractivity contribution is 0.475. The van der Waals surface area contributed by atoms with Crippen LogP contribution in [-0.2, 0) is 0 Å². The molecule has 1 nitrogen and oxygen atoms in total. The predicted molar refractivity (Wildman–Crippen MR) is 78.6 cm³/mol. The van der Waals surface area contributed by atoms with E-state index in [9.17, 15) is 0 Å². The number of aryl methyl sites for hydroxylation is 1. The molecule has 17 heavy (non-hydrogen) atoms. The van der Waals surface area contributed by atoms with Crippen LogP contribution in [0.2, 0.25) is 0 Å². The average Bonchev–Trinajstić information content (AvgIpc) is 2.34. The fourth-order valence-electron chi connectivity index (χ4n) is 0.545. The third-order valence-electron chi connectivity index (χ3n) is 2.35. The monoisotopic (exact) mass is 238 g/mol. The Morgan fingerprint density at radius 2 is 1.29 bits per heavy atom. The number of phenolic OH excluding ortho intramolecular Hbond substituents is 1. The van der Waals surface area contributed by atoms with Crippen molar-refractivity contribution in [3.63, 3.8) is 0 Å². The van der Waals surface area contributed by atoms with Crippen LogP contribution in [0, 0.1) is 12.8 Å². The van der Waals surface area contributed by atoms with E-state index in [0.717, 1.165) is 5.92 Å². The van der Waals surface area contributed by atoms with Gasteiger partial charge in [-0.05, 0) is 25.0 Å². The summed E-state index contributed by atoms with van der Waals surface area (Å²) in [5.74, 6) is 1.21. The fourth-order valence-corrected chi connectivity index (χ4v) is 0.545. The van der Waals surface area contributed by atoms with Gasteiger partial charge >= 0.3 is 0 Å². The molecule has 0 saturated heterocycles. The minimum atomic E-state index is 0.329. The number of aromatic hydroxyl groups is 1. The zero-order valence-corrected chi connectivity index (χ0v) is 12.5. The number of hydrogen-bond acceptors (Lipinski definition) is 1. The molecule has 1 rings (SSSR count). The van der Waals surface area contributed by atoms with Crippen LogP contribution in [0.3, 0.4) is 0 Å². The number of hydrogen-bond donors (Lipinski definition) is 1. The Balaban J connectivity index is 0. The highest BCUT2D eigenvalue weighted by Gasteiger charge is 1.82. The molecule has 1 N–H and O–H groups in total. The van der Waals surface area contributed by atoms with Crippen molar-refractivity contribution in [2.24, 2.45) is 5.92 Å². The summed E-state index contributed by atoms with van der Waals surface area (Å²) in [6, 6.07) is 7.09. The summed E-state index contributed by atoms with van der Waals surface area (Å²) in [7, 11) is 0. The molecule has 0 radical (unpaired) electrons. The first-order valence-electron chi connectivity index (χ1n) is 6.73. The third kappa shape index (κ3) is 17.6. The molecule has 0 aliphatic heterocycles. The zero-order valence-electron chi connectivity index (χ0n) is 12.5. The molecule has 1 aromatic rings. The minimum Gasteiger partial charge on any atom is -0.508 e. The SMILES string of the molecule is CCC(C)C.CCCC.Cc1ccc(O)cc1. The Morgan fingerprint density at radius 1 is 0.941 bits per heavy atom. The maximum atomic E-state index is 8.76. The van der Waals surface area contributed by atoms with E-state index in [-0.39, 0.29) is 0 Å². The lowest BCUT2D eigenvalue weighted by atomic mass is 10.2. The van der Waals surface area contributed by atoms with Gasteiger partial charge in [0.2, 0.25) is 0 Å². The Hall–Kier alpha value is -0.980. The Morgan fingerprint density at radius 3 is 1.47 bits per heavy atom. The highest BCUT2D eigenvalue weighted by Crippen LogP contribution is 2.07. The van der Waals surface area contributed by atoms with Gasteiger partial charge in [-0.3, -0.25) is 0 Å². The Bertz CT molecular complexity index is 213. The summed E-state index contributed by atoms with van der Waals surface area (Å²) < 4.78 is 0. The van der Waals surface area contributed by atoms with Gasteiger partial charge < -0.3 is 5.11 Å². The van der Waals surface area contributed by atoms with Crippen molar-refractivity contribution in [2.45, 2.75) is 60.8 Å². The largest absolute Gasteiger partial charge is 0.508 e. The van der Waals surface area contributed by atoms with Gasteiger partial charge in [-0.2, -0.15) is 0 Å². The number of unbranched alkanes of at least 4 members (excludes halogenated alkanes) is 1. The van der Waals surface area contributed by atoms with E-state index in [4.69, 9.17) is 5.11 Å². The molecule has 0 aliphatic carbocycles. The van der Waals surface area contributed by atoms with Gasteiger partial charge in [-0.25, -0.2) is 0 Å². The molecule has 0 bridgehead atoms. The van der Waals surface area contributed by atoms with Gasteiger partial charge in [-0.1, -0.05) is 71.6 Å². The first kappa shape index (κ1) is 18.4. The smallest absolute Gasteiger partial charge is 0.115 e. The van der Waals surface area contributed by atoms with E-state index in [2.05, 4.69) is 34.6 Å². The van der Waals surface area contributed by atoms with Crippen molar-refractivity contribution < 1.29 is 5.11 Å². The van der Waals surface area contributed by atoms with Crippen LogP contribution < -0.4 is 0 Å². The fraction of sp³-hybridized carbons (Fsp3) is 0.625.